The normalized spacial score (nSPS) is 24.2. The molecule has 0 aromatic heterocycles. The van der Waals surface area contributed by atoms with Crippen LogP contribution in [0.15, 0.2) is 18.2 Å². The van der Waals surface area contributed by atoms with Crippen molar-refractivity contribution in [2.45, 2.75) is 25.2 Å². The summed E-state index contributed by atoms with van der Waals surface area (Å²) >= 11 is 0. The Bertz CT molecular complexity index is 371. The van der Waals surface area contributed by atoms with Crippen molar-refractivity contribution in [3.63, 3.8) is 0 Å². The highest BCUT2D eigenvalue weighted by molar-refractivity contribution is 5.58. The number of hydrogen-bond acceptors (Lipinski definition) is 2. The second-order valence-corrected chi connectivity index (χ2v) is 4.61. The predicted molar refractivity (Wildman–Crippen MR) is 61.6 cm³/mol. The van der Waals surface area contributed by atoms with Gasteiger partial charge in [-0.25, -0.2) is 0 Å². The lowest BCUT2D eigenvalue weighted by molar-refractivity contribution is 0.413. The Labute approximate surface area is 90.6 Å². The van der Waals surface area contributed by atoms with Crippen molar-refractivity contribution in [3.05, 3.63) is 23.8 Å². The van der Waals surface area contributed by atoms with E-state index in [1.54, 1.807) is 7.11 Å². The minimum absolute atomic E-state index is 0.774. The highest BCUT2D eigenvalue weighted by Gasteiger charge is 2.34. The van der Waals surface area contributed by atoms with Gasteiger partial charge in [-0.3, -0.25) is 0 Å². The number of fused-ring (bicyclic) bond motifs is 1. The molecule has 1 aromatic carbocycles. The minimum Gasteiger partial charge on any atom is -0.497 e. The van der Waals surface area contributed by atoms with Crippen molar-refractivity contribution < 1.29 is 4.74 Å². The summed E-state index contributed by atoms with van der Waals surface area (Å²) in [5, 5.41) is 3.47. The van der Waals surface area contributed by atoms with Gasteiger partial charge in [0.1, 0.15) is 5.75 Å². The van der Waals surface area contributed by atoms with Crippen LogP contribution in [-0.2, 0) is 0 Å². The molecule has 0 saturated heterocycles. The van der Waals surface area contributed by atoms with Crippen LogP contribution in [0.5, 0.6) is 5.75 Å². The fourth-order valence-electron chi connectivity index (χ4n) is 2.64. The molecule has 1 atom stereocenters. The zero-order valence-electron chi connectivity index (χ0n) is 9.12. The molecule has 1 fully saturated rings. The van der Waals surface area contributed by atoms with E-state index in [-0.39, 0.29) is 0 Å². The van der Waals surface area contributed by atoms with Gasteiger partial charge in [-0.1, -0.05) is 0 Å². The number of hydrogen-bond donors (Lipinski definition) is 1. The van der Waals surface area contributed by atoms with Crippen LogP contribution in [-0.4, -0.2) is 13.7 Å². The first-order chi connectivity index (χ1) is 7.38. The van der Waals surface area contributed by atoms with Crippen LogP contribution >= 0.6 is 0 Å². The molecule has 2 heteroatoms. The highest BCUT2D eigenvalue weighted by Crippen LogP contribution is 2.48. The van der Waals surface area contributed by atoms with Crippen molar-refractivity contribution in [3.8, 4) is 5.75 Å². The molecule has 1 saturated carbocycles. The predicted octanol–water partition coefficient (Wildman–Crippen LogP) is 3.00. The highest BCUT2D eigenvalue weighted by atomic mass is 16.5. The minimum atomic E-state index is 0.774. The third kappa shape index (κ3) is 1.58. The molecule has 0 radical (unpaired) electrons. The first-order valence-electron chi connectivity index (χ1n) is 5.80. The van der Waals surface area contributed by atoms with Gasteiger partial charge in [-0.05, 0) is 54.9 Å². The zero-order chi connectivity index (χ0) is 10.3. The molecule has 1 unspecified atom stereocenters. The Morgan fingerprint density at radius 3 is 2.87 bits per heavy atom. The summed E-state index contributed by atoms with van der Waals surface area (Å²) in [6.07, 6.45) is 4.12. The van der Waals surface area contributed by atoms with E-state index >= 15 is 0 Å². The van der Waals surface area contributed by atoms with Crippen LogP contribution in [0.4, 0.5) is 5.69 Å². The lowest BCUT2D eigenvalue weighted by Crippen LogP contribution is -2.18. The number of anilines is 1. The molecule has 2 aliphatic rings. The van der Waals surface area contributed by atoms with E-state index in [4.69, 9.17) is 4.74 Å². The number of nitrogens with one attached hydrogen (secondary N) is 1. The van der Waals surface area contributed by atoms with Crippen LogP contribution in [0.2, 0.25) is 0 Å². The van der Waals surface area contributed by atoms with Crippen molar-refractivity contribution in [1.29, 1.82) is 0 Å². The van der Waals surface area contributed by atoms with E-state index < -0.39 is 0 Å². The smallest absolute Gasteiger partial charge is 0.119 e. The molecule has 0 amide bonds. The Morgan fingerprint density at radius 2 is 2.13 bits per heavy atom. The summed E-state index contributed by atoms with van der Waals surface area (Å²) in [4.78, 5) is 0. The molecular formula is C13H17NO. The monoisotopic (exact) mass is 203 g/mol. The molecule has 3 rings (SSSR count). The molecule has 1 aliphatic carbocycles. The van der Waals surface area contributed by atoms with Gasteiger partial charge in [0.25, 0.3) is 0 Å². The third-order valence-corrected chi connectivity index (χ3v) is 3.62. The summed E-state index contributed by atoms with van der Waals surface area (Å²) in [6.45, 7) is 1.13. The maximum atomic E-state index is 5.30. The second kappa shape index (κ2) is 3.44. The SMILES string of the molecule is COc1ccc2c(c1)C(C1CC1)CCN2. The van der Waals surface area contributed by atoms with E-state index in [2.05, 4.69) is 17.4 Å². The maximum Gasteiger partial charge on any atom is 0.119 e. The first kappa shape index (κ1) is 9.08. The zero-order valence-corrected chi connectivity index (χ0v) is 9.12. The van der Waals surface area contributed by atoms with Gasteiger partial charge in [-0.2, -0.15) is 0 Å². The number of rotatable bonds is 2. The quantitative estimate of drug-likeness (QED) is 0.797. The molecule has 1 aliphatic heterocycles. The first-order valence-corrected chi connectivity index (χ1v) is 5.80. The van der Waals surface area contributed by atoms with Gasteiger partial charge in [0.05, 0.1) is 7.11 Å². The molecule has 80 valence electrons. The largest absolute Gasteiger partial charge is 0.497 e. The number of methoxy groups -OCH3 is 1. The van der Waals surface area contributed by atoms with E-state index in [1.807, 2.05) is 6.07 Å². The molecular weight excluding hydrogens is 186 g/mol. The summed E-state index contributed by atoms with van der Waals surface area (Å²) in [5.74, 6) is 2.71. The van der Waals surface area contributed by atoms with Crippen molar-refractivity contribution in [1.82, 2.24) is 0 Å². The molecule has 1 N–H and O–H groups in total. The van der Waals surface area contributed by atoms with Crippen LogP contribution in [0.1, 0.15) is 30.7 Å². The lowest BCUT2D eigenvalue weighted by atomic mass is 9.87. The van der Waals surface area contributed by atoms with Crippen LogP contribution in [0.3, 0.4) is 0 Å². The Hall–Kier alpha value is -1.18. The van der Waals surface area contributed by atoms with Crippen molar-refractivity contribution in [2.24, 2.45) is 5.92 Å². The van der Waals surface area contributed by atoms with Crippen molar-refractivity contribution in [2.75, 3.05) is 19.0 Å². The summed E-state index contributed by atoms with van der Waals surface area (Å²) in [6, 6.07) is 6.41. The molecule has 2 nitrogen and oxygen atoms in total. The summed E-state index contributed by atoms with van der Waals surface area (Å²) < 4.78 is 5.30. The van der Waals surface area contributed by atoms with Crippen LogP contribution < -0.4 is 10.1 Å². The van der Waals surface area contributed by atoms with Gasteiger partial charge >= 0.3 is 0 Å². The fraction of sp³-hybridized carbons (Fsp3) is 0.538. The average Bonchev–Trinajstić information content (AvgIpc) is 3.11. The Balaban J connectivity index is 1.99. The summed E-state index contributed by atoms with van der Waals surface area (Å²) in [7, 11) is 1.74. The number of benzene rings is 1. The Morgan fingerprint density at radius 1 is 1.27 bits per heavy atom. The van der Waals surface area contributed by atoms with Crippen LogP contribution in [0, 0.1) is 5.92 Å². The third-order valence-electron chi connectivity index (χ3n) is 3.62. The van der Waals surface area contributed by atoms with E-state index in [0.29, 0.717) is 0 Å². The molecule has 0 bridgehead atoms. The fourth-order valence-corrected chi connectivity index (χ4v) is 2.64. The van der Waals surface area contributed by atoms with E-state index in [0.717, 1.165) is 24.1 Å². The van der Waals surface area contributed by atoms with Gasteiger partial charge in [0, 0.05) is 12.2 Å². The Kier molecular flexibility index (Phi) is 2.08. The molecule has 0 spiro atoms. The van der Waals surface area contributed by atoms with Crippen molar-refractivity contribution >= 4 is 5.69 Å². The van der Waals surface area contributed by atoms with Gasteiger partial charge in [0.15, 0.2) is 0 Å². The van der Waals surface area contributed by atoms with Gasteiger partial charge in [0.2, 0.25) is 0 Å². The number of ether oxygens (including phenoxy) is 1. The van der Waals surface area contributed by atoms with E-state index in [1.165, 1.54) is 30.5 Å². The van der Waals surface area contributed by atoms with Crippen LogP contribution in [0.25, 0.3) is 0 Å². The second-order valence-electron chi connectivity index (χ2n) is 4.61. The molecule has 1 heterocycles. The van der Waals surface area contributed by atoms with E-state index in [9.17, 15) is 0 Å². The average molecular weight is 203 g/mol. The van der Waals surface area contributed by atoms with Gasteiger partial charge < -0.3 is 10.1 Å². The topological polar surface area (TPSA) is 21.3 Å². The molecule has 15 heavy (non-hydrogen) atoms. The summed E-state index contributed by atoms with van der Waals surface area (Å²) in [5.41, 5.74) is 2.79. The molecule has 1 aromatic rings. The maximum absolute atomic E-state index is 5.30. The van der Waals surface area contributed by atoms with Gasteiger partial charge in [-0.15, -0.1) is 0 Å². The lowest BCUT2D eigenvalue weighted by Gasteiger charge is -2.27. The standard InChI is InChI=1S/C13H17NO/c1-15-10-4-5-13-12(8-10)11(6-7-14-13)9-2-3-9/h4-5,8-9,11,14H,2-3,6-7H2,1H3.